The van der Waals surface area contributed by atoms with Gasteiger partial charge in [-0.2, -0.15) is 13.1 Å². The van der Waals surface area contributed by atoms with Crippen LogP contribution in [0.3, 0.4) is 0 Å². The number of hydrogen-bond donors (Lipinski definition) is 2. The van der Waals surface area contributed by atoms with Crippen LogP contribution < -0.4 is 4.72 Å². The molecular formula is C6H13NO3S. The lowest BCUT2D eigenvalue weighted by Gasteiger charge is -1.97. The molecular weight excluding hydrogens is 166 g/mol. The van der Waals surface area contributed by atoms with Gasteiger partial charge in [-0.15, -0.1) is 0 Å². The van der Waals surface area contributed by atoms with Gasteiger partial charge < -0.3 is 0 Å². The standard InChI is InChI=1S/C6H13NO3S/c1-2-3-5-4-6(5)7-11(8,9)10/h5-7H,2-4H2,1H3,(H,8,9,10)/t5-,6?/m1/s1. The van der Waals surface area contributed by atoms with E-state index in [-0.39, 0.29) is 6.04 Å². The van der Waals surface area contributed by atoms with Crippen molar-refractivity contribution >= 4 is 10.3 Å². The van der Waals surface area contributed by atoms with E-state index in [1.54, 1.807) is 0 Å². The van der Waals surface area contributed by atoms with Crippen LogP contribution in [0.1, 0.15) is 26.2 Å². The van der Waals surface area contributed by atoms with E-state index in [0.29, 0.717) is 5.92 Å². The molecule has 0 amide bonds. The first kappa shape index (κ1) is 8.96. The Bertz CT molecular complexity index is 224. The van der Waals surface area contributed by atoms with Crippen molar-refractivity contribution in [3.8, 4) is 0 Å². The van der Waals surface area contributed by atoms with E-state index >= 15 is 0 Å². The van der Waals surface area contributed by atoms with Gasteiger partial charge in [0.2, 0.25) is 0 Å². The van der Waals surface area contributed by atoms with Crippen molar-refractivity contribution < 1.29 is 13.0 Å². The van der Waals surface area contributed by atoms with Crippen molar-refractivity contribution in [2.45, 2.75) is 32.2 Å². The zero-order chi connectivity index (χ0) is 8.48. The molecule has 0 aromatic rings. The van der Waals surface area contributed by atoms with Crippen LogP contribution in [-0.4, -0.2) is 19.0 Å². The summed E-state index contributed by atoms with van der Waals surface area (Å²) in [5, 5.41) is 0. The number of nitrogens with one attached hydrogen (secondary N) is 1. The average molecular weight is 179 g/mol. The lowest BCUT2D eigenvalue weighted by atomic mass is 10.2. The third-order valence-electron chi connectivity index (χ3n) is 1.88. The Morgan fingerprint density at radius 2 is 2.27 bits per heavy atom. The maximum Gasteiger partial charge on any atom is 0.333 e. The fourth-order valence-corrected chi connectivity index (χ4v) is 1.94. The fraction of sp³-hybridized carbons (Fsp3) is 1.00. The Morgan fingerprint density at radius 1 is 1.64 bits per heavy atom. The summed E-state index contributed by atoms with van der Waals surface area (Å²) in [5.74, 6) is 0.446. The fourth-order valence-electron chi connectivity index (χ4n) is 1.27. The molecule has 1 unspecified atom stereocenters. The molecule has 2 N–H and O–H groups in total. The van der Waals surface area contributed by atoms with Gasteiger partial charge in [-0.25, -0.2) is 0 Å². The molecule has 0 spiro atoms. The molecule has 5 heteroatoms. The van der Waals surface area contributed by atoms with E-state index in [0.717, 1.165) is 19.3 Å². The second-order valence-corrected chi connectivity index (χ2v) is 4.17. The predicted octanol–water partition coefficient (Wildman–Crippen LogP) is 0.567. The molecule has 1 aliphatic rings. The minimum atomic E-state index is -3.96. The van der Waals surface area contributed by atoms with E-state index in [4.69, 9.17) is 4.55 Å². The summed E-state index contributed by atoms with van der Waals surface area (Å²) in [7, 11) is -3.96. The smallest absolute Gasteiger partial charge is 0.273 e. The Morgan fingerprint density at radius 3 is 2.73 bits per heavy atom. The first-order chi connectivity index (χ1) is 5.03. The van der Waals surface area contributed by atoms with Gasteiger partial charge in [0, 0.05) is 6.04 Å². The van der Waals surface area contributed by atoms with Crippen LogP contribution in [0.25, 0.3) is 0 Å². The second kappa shape index (κ2) is 3.08. The highest BCUT2D eigenvalue weighted by Gasteiger charge is 2.38. The van der Waals surface area contributed by atoms with E-state index < -0.39 is 10.3 Å². The number of hydrogen-bond acceptors (Lipinski definition) is 2. The van der Waals surface area contributed by atoms with E-state index in [1.165, 1.54) is 0 Å². The van der Waals surface area contributed by atoms with Crippen molar-refractivity contribution in [2.24, 2.45) is 5.92 Å². The van der Waals surface area contributed by atoms with Crippen LogP contribution in [0.5, 0.6) is 0 Å². The Labute approximate surface area is 66.9 Å². The lowest BCUT2D eigenvalue weighted by Crippen LogP contribution is -2.25. The van der Waals surface area contributed by atoms with Crippen LogP contribution >= 0.6 is 0 Å². The summed E-state index contributed by atoms with van der Waals surface area (Å²) in [6.07, 6.45) is 2.97. The van der Waals surface area contributed by atoms with Crippen molar-refractivity contribution in [2.75, 3.05) is 0 Å². The molecule has 0 saturated heterocycles. The molecule has 1 fully saturated rings. The normalized spacial score (nSPS) is 30.4. The molecule has 11 heavy (non-hydrogen) atoms. The summed E-state index contributed by atoms with van der Waals surface area (Å²) in [6, 6.07) is -0.00931. The molecule has 0 bridgehead atoms. The van der Waals surface area contributed by atoms with Gasteiger partial charge in [0.1, 0.15) is 0 Å². The molecule has 0 aliphatic heterocycles. The molecule has 1 rings (SSSR count). The average Bonchev–Trinajstić information content (AvgIpc) is 2.44. The van der Waals surface area contributed by atoms with Crippen LogP contribution in [0, 0.1) is 5.92 Å². The summed E-state index contributed by atoms with van der Waals surface area (Å²) < 4.78 is 31.1. The third-order valence-corrected chi connectivity index (χ3v) is 2.48. The molecule has 1 aliphatic carbocycles. The van der Waals surface area contributed by atoms with E-state index in [1.807, 2.05) is 0 Å². The SMILES string of the molecule is CCC[C@@H]1CC1NS(=O)(=O)O. The monoisotopic (exact) mass is 179 g/mol. The lowest BCUT2D eigenvalue weighted by molar-refractivity contribution is 0.463. The van der Waals surface area contributed by atoms with Crippen molar-refractivity contribution in [1.29, 1.82) is 0 Å². The number of rotatable bonds is 4. The van der Waals surface area contributed by atoms with E-state index in [2.05, 4.69) is 11.6 Å². The van der Waals surface area contributed by atoms with Gasteiger partial charge in [-0.05, 0) is 18.8 Å². The summed E-state index contributed by atoms with van der Waals surface area (Å²) in [5.41, 5.74) is 0. The second-order valence-electron chi connectivity index (χ2n) is 2.98. The van der Waals surface area contributed by atoms with Gasteiger partial charge in [-0.1, -0.05) is 13.3 Å². The van der Waals surface area contributed by atoms with Crippen LogP contribution in [0.2, 0.25) is 0 Å². The minimum Gasteiger partial charge on any atom is -0.273 e. The van der Waals surface area contributed by atoms with Crippen molar-refractivity contribution in [3.63, 3.8) is 0 Å². The summed E-state index contributed by atoms with van der Waals surface area (Å²) in [4.78, 5) is 0. The Kier molecular flexibility index (Phi) is 2.51. The Hall–Kier alpha value is -0.130. The third kappa shape index (κ3) is 3.18. The summed E-state index contributed by atoms with van der Waals surface area (Å²) >= 11 is 0. The van der Waals surface area contributed by atoms with Gasteiger partial charge >= 0.3 is 10.3 Å². The first-order valence-corrected chi connectivity index (χ1v) is 5.21. The quantitative estimate of drug-likeness (QED) is 0.620. The maximum atomic E-state index is 10.3. The molecule has 2 atom stereocenters. The molecule has 0 aromatic carbocycles. The highest BCUT2D eigenvalue weighted by Crippen LogP contribution is 2.34. The minimum absolute atomic E-state index is 0.00931. The first-order valence-electron chi connectivity index (χ1n) is 3.77. The highest BCUT2D eigenvalue weighted by atomic mass is 32.2. The van der Waals surface area contributed by atoms with Crippen LogP contribution in [-0.2, 0) is 10.3 Å². The molecule has 66 valence electrons. The summed E-state index contributed by atoms with van der Waals surface area (Å²) in [6.45, 7) is 2.06. The van der Waals surface area contributed by atoms with Gasteiger partial charge in [0.15, 0.2) is 0 Å². The van der Waals surface area contributed by atoms with Gasteiger partial charge in [-0.3, -0.25) is 4.55 Å². The molecule has 4 nitrogen and oxygen atoms in total. The predicted molar refractivity (Wildman–Crippen MR) is 41.5 cm³/mol. The van der Waals surface area contributed by atoms with Crippen molar-refractivity contribution in [1.82, 2.24) is 4.72 Å². The highest BCUT2D eigenvalue weighted by molar-refractivity contribution is 7.83. The van der Waals surface area contributed by atoms with Crippen LogP contribution in [0.15, 0.2) is 0 Å². The van der Waals surface area contributed by atoms with Gasteiger partial charge in [0.25, 0.3) is 0 Å². The molecule has 0 radical (unpaired) electrons. The van der Waals surface area contributed by atoms with Crippen molar-refractivity contribution in [3.05, 3.63) is 0 Å². The molecule has 1 saturated carbocycles. The maximum absolute atomic E-state index is 10.3. The zero-order valence-corrected chi connectivity index (χ0v) is 7.26. The van der Waals surface area contributed by atoms with Crippen LogP contribution in [0.4, 0.5) is 0 Å². The largest absolute Gasteiger partial charge is 0.333 e. The Balaban J connectivity index is 2.24. The molecule has 0 heterocycles. The van der Waals surface area contributed by atoms with Gasteiger partial charge in [0.05, 0.1) is 0 Å². The topological polar surface area (TPSA) is 66.4 Å². The van der Waals surface area contributed by atoms with E-state index in [9.17, 15) is 8.42 Å². The molecule has 0 aromatic heterocycles. The zero-order valence-electron chi connectivity index (χ0n) is 6.45.